The SMILES string of the molecule is COC(=O)c1cc(C)c2c(c1)S(=O)(=O)Cc1cc(NCCNCc3ccco3)cc(Cl)c1O2. The van der Waals surface area contributed by atoms with Crippen LogP contribution in [0.3, 0.4) is 0 Å². The van der Waals surface area contributed by atoms with Crippen LogP contribution in [0.5, 0.6) is 11.5 Å². The first-order chi connectivity index (χ1) is 15.8. The third kappa shape index (κ3) is 5.00. The molecule has 0 saturated carbocycles. The van der Waals surface area contributed by atoms with Crippen LogP contribution in [-0.4, -0.2) is 34.6 Å². The number of anilines is 1. The summed E-state index contributed by atoms with van der Waals surface area (Å²) in [6, 6.07) is 9.95. The molecular weight excluding hydrogens is 468 g/mol. The lowest BCUT2D eigenvalue weighted by molar-refractivity contribution is 0.0600. The van der Waals surface area contributed by atoms with E-state index < -0.39 is 15.8 Å². The first-order valence-corrected chi connectivity index (χ1v) is 12.2. The Hall–Kier alpha value is -3.01. The third-order valence-corrected chi connectivity index (χ3v) is 7.12. The predicted octanol–water partition coefficient (Wildman–Crippen LogP) is 4.31. The van der Waals surface area contributed by atoms with Crippen molar-refractivity contribution in [2.75, 3.05) is 25.5 Å². The number of carbonyl (C=O) groups is 1. The van der Waals surface area contributed by atoms with Crippen molar-refractivity contribution in [3.05, 3.63) is 70.1 Å². The van der Waals surface area contributed by atoms with Gasteiger partial charge in [0.05, 0.1) is 36.3 Å². The number of methoxy groups -OCH3 is 1. The summed E-state index contributed by atoms with van der Waals surface area (Å²) in [4.78, 5) is 11.9. The van der Waals surface area contributed by atoms with Gasteiger partial charge < -0.3 is 24.5 Å². The van der Waals surface area contributed by atoms with Crippen molar-refractivity contribution < 1.29 is 27.1 Å². The maximum atomic E-state index is 13.2. The molecule has 0 unspecified atom stereocenters. The second-order valence-corrected chi connectivity index (χ2v) is 9.97. The number of aryl methyl sites for hydroxylation is 1. The second-order valence-electron chi connectivity index (χ2n) is 7.60. The Morgan fingerprint density at radius 3 is 2.73 bits per heavy atom. The van der Waals surface area contributed by atoms with Gasteiger partial charge in [-0.25, -0.2) is 13.2 Å². The van der Waals surface area contributed by atoms with Gasteiger partial charge in [-0.1, -0.05) is 11.6 Å². The zero-order valence-corrected chi connectivity index (χ0v) is 19.7. The minimum absolute atomic E-state index is 0.0631. The Labute approximate surface area is 196 Å². The van der Waals surface area contributed by atoms with Gasteiger partial charge in [0.25, 0.3) is 0 Å². The predicted molar refractivity (Wildman–Crippen MR) is 124 cm³/mol. The van der Waals surface area contributed by atoms with Crippen LogP contribution in [0.15, 0.2) is 52.0 Å². The molecule has 1 aliphatic heterocycles. The average molecular weight is 491 g/mol. The van der Waals surface area contributed by atoms with Gasteiger partial charge in [0, 0.05) is 24.3 Å². The maximum absolute atomic E-state index is 13.2. The smallest absolute Gasteiger partial charge is 0.337 e. The van der Waals surface area contributed by atoms with Gasteiger partial charge in [0.15, 0.2) is 9.84 Å². The normalized spacial score (nSPS) is 13.9. The summed E-state index contributed by atoms with van der Waals surface area (Å²) < 4.78 is 42.4. The van der Waals surface area contributed by atoms with E-state index in [0.717, 1.165) is 5.76 Å². The summed E-state index contributed by atoms with van der Waals surface area (Å²) >= 11 is 6.48. The number of esters is 1. The number of furan rings is 1. The van der Waals surface area contributed by atoms with Gasteiger partial charge in [-0.3, -0.25) is 0 Å². The zero-order valence-electron chi connectivity index (χ0n) is 18.1. The first kappa shape index (κ1) is 23.2. The van der Waals surface area contributed by atoms with Gasteiger partial charge in [-0.15, -0.1) is 0 Å². The molecule has 0 radical (unpaired) electrons. The number of benzene rings is 2. The highest BCUT2D eigenvalue weighted by molar-refractivity contribution is 7.90. The fourth-order valence-electron chi connectivity index (χ4n) is 3.62. The monoisotopic (exact) mass is 490 g/mol. The van der Waals surface area contributed by atoms with Crippen LogP contribution < -0.4 is 15.4 Å². The molecule has 2 heterocycles. The molecule has 1 aliphatic rings. The summed E-state index contributed by atoms with van der Waals surface area (Å²) in [5.41, 5.74) is 1.74. The number of carbonyl (C=O) groups excluding carboxylic acids is 1. The van der Waals surface area contributed by atoms with E-state index in [1.165, 1.54) is 19.2 Å². The van der Waals surface area contributed by atoms with E-state index in [1.54, 1.807) is 25.3 Å². The number of ether oxygens (including phenoxy) is 2. The highest BCUT2D eigenvalue weighted by atomic mass is 35.5. The van der Waals surface area contributed by atoms with Gasteiger partial charge in [0.1, 0.15) is 22.2 Å². The fraction of sp³-hybridized carbons (Fsp3) is 0.261. The lowest BCUT2D eigenvalue weighted by Crippen LogP contribution is -2.21. The van der Waals surface area contributed by atoms with Crippen molar-refractivity contribution >= 4 is 33.1 Å². The van der Waals surface area contributed by atoms with Crippen LogP contribution in [0, 0.1) is 6.92 Å². The van der Waals surface area contributed by atoms with Crippen LogP contribution in [0.4, 0.5) is 5.69 Å². The van der Waals surface area contributed by atoms with E-state index in [1.807, 2.05) is 12.1 Å². The fourth-order valence-corrected chi connectivity index (χ4v) is 5.47. The number of fused-ring (bicyclic) bond motifs is 2. The average Bonchev–Trinajstić information content (AvgIpc) is 3.25. The molecular formula is C23H23ClN2O6S. The van der Waals surface area contributed by atoms with Crippen LogP contribution in [0.2, 0.25) is 5.02 Å². The zero-order chi connectivity index (χ0) is 23.6. The van der Waals surface area contributed by atoms with Crippen LogP contribution in [0.25, 0.3) is 0 Å². The maximum Gasteiger partial charge on any atom is 0.337 e. The molecule has 4 rings (SSSR count). The summed E-state index contributed by atoms with van der Waals surface area (Å²) in [7, 11) is -2.57. The minimum Gasteiger partial charge on any atom is -0.468 e. The molecule has 0 amide bonds. The van der Waals surface area contributed by atoms with Crippen molar-refractivity contribution in [2.24, 2.45) is 0 Å². The molecule has 1 aromatic heterocycles. The van der Waals surface area contributed by atoms with Crippen molar-refractivity contribution in [1.82, 2.24) is 5.32 Å². The lowest BCUT2D eigenvalue weighted by atomic mass is 10.1. The molecule has 0 atom stereocenters. The lowest BCUT2D eigenvalue weighted by Gasteiger charge is -2.15. The molecule has 0 fully saturated rings. The quantitative estimate of drug-likeness (QED) is 0.372. The second kappa shape index (κ2) is 9.46. The van der Waals surface area contributed by atoms with E-state index in [0.29, 0.717) is 36.4 Å². The highest BCUT2D eigenvalue weighted by Gasteiger charge is 2.31. The van der Waals surface area contributed by atoms with Gasteiger partial charge in [-0.2, -0.15) is 0 Å². The molecule has 174 valence electrons. The molecule has 0 aliphatic carbocycles. The number of nitrogens with one attached hydrogen (secondary N) is 2. The number of rotatable bonds is 7. The van der Waals surface area contributed by atoms with E-state index in [2.05, 4.69) is 10.6 Å². The van der Waals surface area contributed by atoms with Crippen molar-refractivity contribution in [2.45, 2.75) is 24.1 Å². The summed E-state index contributed by atoms with van der Waals surface area (Å²) in [5, 5.41) is 6.78. The van der Waals surface area contributed by atoms with Crippen molar-refractivity contribution in [3.63, 3.8) is 0 Å². The third-order valence-electron chi connectivity index (χ3n) is 5.18. The minimum atomic E-state index is -3.81. The Kier molecular flexibility index (Phi) is 6.64. The number of hydrogen-bond acceptors (Lipinski definition) is 8. The van der Waals surface area contributed by atoms with Crippen LogP contribution in [-0.2, 0) is 26.9 Å². The summed E-state index contributed by atoms with van der Waals surface area (Å²) in [6.45, 7) is 3.53. The van der Waals surface area contributed by atoms with Gasteiger partial charge >= 0.3 is 5.97 Å². The largest absolute Gasteiger partial charge is 0.468 e. The van der Waals surface area contributed by atoms with Crippen molar-refractivity contribution in [1.29, 1.82) is 0 Å². The van der Waals surface area contributed by atoms with E-state index in [9.17, 15) is 13.2 Å². The van der Waals surface area contributed by atoms with Gasteiger partial charge in [0.2, 0.25) is 0 Å². The van der Waals surface area contributed by atoms with Crippen LogP contribution >= 0.6 is 11.6 Å². The van der Waals surface area contributed by atoms with E-state index in [-0.39, 0.29) is 32.7 Å². The molecule has 10 heteroatoms. The Morgan fingerprint density at radius 1 is 1.18 bits per heavy atom. The molecule has 2 N–H and O–H groups in total. The molecule has 0 bridgehead atoms. The number of hydrogen-bond donors (Lipinski definition) is 2. The van der Waals surface area contributed by atoms with E-state index in [4.69, 9.17) is 25.5 Å². The van der Waals surface area contributed by atoms with Crippen molar-refractivity contribution in [3.8, 4) is 11.5 Å². The number of halogens is 1. The standard InChI is InChI=1S/C23H23ClN2O6S/c1-14-8-15(23(27)30-2)10-20-21(14)32-22-16(13-33(20,28)29)9-17(11-19(22)24)26-6-5-25-12-18-4-3-7-31-18/h3-4,7-11,25-26H,5-6,12-13H2,1-2H3. The Balaban J connectivity index is 1.55. The van der Waals surface area contributed by atoms with Crippen LogP contribution in [0.1, 0.15) is 27.2 Å². The molecule has 33 heavy (non-hydrogen) atoms. The molecule has 0 saturated heterocycles. The summed E-state index contributed by atoms with van der Waals surface area (Å²) in [5.74, 6) is 0.352. The Morgan fingerprint density at radius 2 is 2.00 bits per heavy atom. The van der Waals surface area contributed by atoms with E-state index >= 15 is 0 Å². The highest BCUT2D eigenvalue weighted by Crippen LogP contribution is 2.44. The number of sulfone groups is 1. The molecule has 3 aromatic rings. The molecule has 0 spiro atoms. The summed E-state index contributed by atoms with van der Waals surface area (Å²) in [6.07, 6.45) is 1.62. The first-order valence-electron chi connectivity index (χ1n) is 10.2. The topological polar surface area (TPSA) is 107 Å². The molecule has 8 nitrogen and oxygen atoms in total. The molecule has 2 aromatic carbocycles. The van der Waals surface area contributed by atoms with Gasteiger partial charge in [-0.05, 0) is 48.9 Å². The Bertz CT molecular complexity index is 1290.